The molecule has 2 unspecified atom stereocenters. The van der Waals surface area contributed by atoms with Crippen molar-refractivity contribution < 1.29 is 9.47 Å². The Labute approximate surface area is 130 Å². The van der Waals surface area contributed by atoms with Crippen LogP contribution in [-0.4, -0.2) is 43.3 Å². The first kappa shape index (κ1) is 15.9. The molecule has 112 valence electrons. The number of hydrogen-bond acceptors (Lipinski definition) is 5. The van der Waals surface area contributed by atoms with Crippen LogP contribution in [0.1, 0.15) is 18.5 Å². The van der Waals surface area contributed by atoms with E-state index in [1.54, 1.807) is 14.2 Å². The monoisotopic (exact) mass is 313 g/mol. The molecule has 1 aromatic carbocycles. The highest BCUT2D eigenvalue weighted by molar-refractivity contribution is 8.06. The van der Waals surface area contributed by atoms with Gasteiger partial charge in [-0.15, -0.1) is 0 Å². The van der Waals surface area contributed by atoms with Gasteiger partial charge in [0.1, 0.15) is 11.5 Å². The van der Waals surface area contributed by atoms with Crippen molar-refractivity contribution >= 4 is 23.5 Å². The number of ether oxygens (including phenoxy) is 2. The van der Waals surface area contributed by atoms with Crippen LogP contribution in [-0.2, 0) is 0 Å². The molecule has 1 N–H and O–H groups in total. The van der Waals surface area contributed by atoms with E-state index in [0.717, 1.165) is 23.6 Å². The highest BCUT2D eigenvalue weighted by Gasteiger charge is 2.17. The second-order valence-electron chi connectivity index (χ2n) is 4.81. The van der Waals surface area contributed by atoms with Gasteiger partial charge in [0.2, 0.25) is 0 Å². The maximum absolute atomic E-state index is 5.45. The Bertz CT molecular complexity index is 422. The summed E-state index contributed by atoms with van der Waals surface area (Å²) in [6, 6.07) is 6.21. The maximum atomic E-state index is 5.45. The fourth-order valence-corrected chi connectivity index (χ4v) is 4.88. The predicted molar refractivity (Wildman–Crippen MR) is 89.5 cm³/mol. The number of nitrogens with one attached hydrogen (secondary N) is 1. The van der Waals surface area contributed by atoms with E-state index < -0.39 is 0 Å². The average molecular weight is 313 g/mol. The summed E-state index contributed by atoms with van der Waals surface area (Å²) in [6.45, 7) is 3.22. The Kier molecular flexibility index (Phi) is 6.39. The molecule has 20 heavy (non-hydrogen) atoms. The number of methoxy groups -OCH3 is 2. The van der Waals surface area contributed by atoms with Crippen molar-refractivity contribution in [3.8, 4) is 11.5 Å². The van der Waals surface area contributed by atoms with Gasteiger partial charge in [-0.1, -0.05) is 0 Å². The summed E-state index contributed by atoms with van der Waals surface area (Å²) in [5, 5.41) is 4.34. The summed E-state index contributed by atoms with van der Waals surface area (Å²) in [6.07, 6.45) is 0. The van der Waals surface area contributed by atoms with Crippen LogP contribution in [0.25, 0.3) is 0 Å². The van der Waals surface area contributed by atoms with Crippen LogP contribution in [0.3, 0.4) is 0 Å². The minimum absolute atomic E-state index is 0.257. The standard InChI is InChI=1S/C15H23NO2S2/c1-11(16-9-13-10-19-6-7-20-13)14-8-12(17-2)4-5-15(14)18-3/h4-5,8,11,13,16H,6-7,9-10H2,1-3H3. The lowest BCUT2D eigenvalue weighted by molar-refractivity contribution is 0.392. The summed E-state index contributed by atoms with van der Waals surface area (Å²) in [4.78, 5) is 0. The molecule has 0 saturated carbocycles. The molecule has 0 aliphatic carbocycles. The largest absolute Gasteiger partial charge is 0.497 e. The molecular weight excluding hydrogens is 290 g/mol. The number of benzene rings is 1. The zero-order valence-electron chi connectivity index (χ0n) is 12.3. The van der Waals surface area contributed by atoms with E-state index in [1.165, 1.54) is 17.3 Å². The van der Waals surface area contributed by atoms with E-state index in [0.29, 0.717) is 5.25 Å². The highest BCUT2D eigenvalue weighted by Crippen LogP contribution is 2.30. The Morgan fingerprint density at radius 3 is 2.80 bits per heavy atom. The molecule has 1 aliphatic heterocycles. The van der Waals surface area contributed by atoms with Crippen LogP contribution in [0.5, 0.6) is 11.5 Å². The quantitative estimate of drug-likeness (QED) is 0.871. The lowest BCUT2D eigenvalue weighted by Gasteiger charge is -2.24. The van der Waals surface area contributed by atoms with Crippen molar-refractivity contribution in [2.24, 2.45) is 0 Å². The molecule has 1 saturated heterocycles. The van der Waals surface area contributed by atoms with Crippen LogP contribution in [0.2, 0.25) is 0 Å². The molecule has 2 rings (SSSR count). The van der Waals surface area contributed by atoms with Gasteiger partial charge < -0.3 is 14.8 Å². The van der Waals surface area contributed by atoms with Crippen LogP contribution >= 0.6 is 23.5 Å². The Hall–Kier alpha value is -0.520. The van der Waals surface area contributed by atoms with Gasteiger partial charge in [-0.05, 0) is 25.1 Å². The lowest BCUT2D eigenvalue weighted by Crippen LogP contribution is -2.31. The topological polar surface area (TPSA) is 30.5 Å². The van der Waals surface area contributed by atoms with Crippen molar-refractivity contribution in [3.63, 3.8) is 0 Å². The van der Waals surface area contributed by atoms with E-state index >= 15 is 0 Å². The molecular formula is C15H23NO2S2. The zero-order chi connectivity index (χ0) is 14.4. The Morgan fingerprint density at radius 1 is 1.30 bits per heavy atom. The highest BCUT2D eigenvalue weighted by atomic mass is 32.2. The smallest absolute Gasteiger partial charge is 0.123 e. The fraction of sp³-hybridized carbons (Fsp3) is 0.600. The summed E-state index contributed by atoms with van der Waals surface area (Å²) in [5.74, 6) is 5.60. The third kappa shape index (κ3) is 4.24. The van der Waals surface area contributed by atoms with Gasteiger partial charge in [0.05, 0.1) is 14.2 Å². The van der Waals surface area contributed by atoms with Crippen LogP contribution < -0.4 is 14.8 Å². The molecule has 5 heteroatoms. The minimum atomic E-state index is 0.257. The summed E-state index contributed by atoms with van der Waals surface area (Å²) in [5.41, 5.74) is 1.15. The molecule has 3 nitrogen and oxygen atoms in total. The molecule has 1 heterocycles. The predicted octanol–water partition coefficient (Wildman–Crippen LogP) is 3.20. The number of hydrogen-bond donors (Lipinski definition) is 1. The third-order valence-corrected chi connectivity index (χ3v) is 6.28. The first-order valence-corrected chi connectivity index (χ1v) is 9.09. The normalized spacial score (nSPS) is 20.4. The molecule has 2 atom stereocenters. The Morgan fingerprint density at radius 2 is 2.15 bits per heavy atom. The molecule has 0 spiro atoms. The zero-order valence-corrected chi connectivity index (χ0v) is 14.0. The van der Waals surface area contributed by atoms with Gasteiger partial charge >= 0.3 is 0 Å². The van der Waals surface area contributed by atoms with Crippen molar-refractivity contribution in [3.05, 3.63) is 23.8 Å². The molecule has 0 radical (unpaired) electrons. The van der Waals surface area contributed by atoms with E-state index in [2.05, 4.69) is 41.8 Å². The van der Waals surface area contributed by atoms with Crippen LogP contribution in [0.15, 0.2) is 18.2 Å². The molecule has 0 bridgehead atoms. The van der Waals surface area contributed by atoms with Crippen molar-refractivity contribution in [2.75, 3.05) is 38.0 Å². The van der Waals surface area contributed by atoms with Gasteiger partial charge in [-0.3, -0.25) is 0 Å². The SMILES string of the molecule is COc1ccc(OC)c(C(C)NCC2CSCCS2)c1. The molecule has 0 aromatic heterocycles. The summed E-state index contributed by atoms with van der Waals surface area (Å²) >= 11 is 4.14. The van der Waals surface area contributed by atoms with Gasteiger partial charge in [0, 0.05) is 40.7 Å². The Balaban J connectivity index is 1.98. The van der Waals surface area contributed by atoms with E-state index in [9.17, 15) is 0 Å². The second-order valence-corrected chi connectivity index (χ2v) is 7.36. The van der Waals surface area contributed by atoms with Crippen molar-refractivity contribution in [1.29, 1.82) is 0 Å². The van der Waals surface area contributed by atoms with Gasteiger partial charge in [-0.25, -0.2) is 0 Å². The number of rotatable bonds is 6. The van der Waals surface area contributed by atoms with Gasteiger partial charge in [-0.2, -0.15) is 23.5 Å². The molecule has 1 aliphatic rings. The lowest BCUT2D eigenvalue weighted by atomic mass is 10.1. The molecule has 0 amide bonds. The van der Waals surface area contributed by atoms with E-state index in [1.807, 2.05) is 12.1 Å². The maximum Gasteiger partial charge on any atom is 0.123 e. The van der Waals surface area contributed by atoms with E-state index in [4.69, 9.17) is 9.47 Å². The van der Waals surface area contributed by atoms with Gasteiger partial charge in [0.25, 0.3) is 0 Å². The number of thioether (sulfide) groups is 2. The molecule has 1 fully saturated rings. The summed E-state index contributed by atoms with van der Waals surface area (Å²) in [7, 11) is 3.41. The fourth-order valence-electron chi connectivity index (χ4n) is 2.25. The molecule has 1 aromatic rings. The van der Waals surface area contributed by atoms with Crippen molar-refractivity contribution in [2.45, 2.75) is 18.2 Å². The second kappa shape index (κ2) is 8.05. The average Bonchev–Trinajstić information content (AvgIpc) is 2.52. The minimum Gasteiger partial charge on any atom is -0.497 e. The van der Waals surface area contributed by atoms with Crippen LogP contribution in [0.4, 0.5) is 0 Å². The first-order chi connectivity index (χ1) is 9.74. The first-order valence-electron chi connectivity index (χ1n) is 6.89. The van der Waals surface area contributed by atoms with E-state index in [-0.39, 0.29) is 6.04 Å². The van der Waals surface area contributed by atoms with Gasteiger partial charge in [0.15, 0.2) is 0 Å². The van der Waals surface area contributed by atoms with Crippen molar-refractivity contribution in [1.82, 2.24) is 5.32 Å². The third-order valence-electron chi connectivity index (χ3n) is 3.44. The van der Waals surface area contributed by atoms with Crippen LogP contribution in [0, 0.1) is 0 Å². The summed E-state index contributed by atoms with van der Waals surface area (Å²) < 4.78 is 10.8.